The van der Waals surface area contributed by atoms with Gasteiger partial charge in [0.05, 0.1) is 11.3 Å². The second-order valence-corrected chi connectivity index (χ2v) is 6.39. The number of amides is 1. The van der Waals surface area contributed by atoms with E-state index < -0.39 is 5.60 Å². The molecule has 1 atom stereocenters. The van der Waals surface area contributed by atoms with Crippen LogP contribution >= 0.6 is 11.6 Å². The number of hydrogen-bond donors (Lipinski definition) is 3. The van der Waals surface area contributed by atoms with Crippen LogP contribution in [0.4, 0.5) is 0 Å². The fourth-order valence-corrected chi connectivity index (χ4v) is 2.32. The minimum Gasteiger partial charge on any atom is -0.506 e. The zero-order valence-electron chi connectivity index (χ0n) is 12.7. The molecule has 0 saturated heterocycles. The Balaban J connectivity index is 2.29. The van der Waals surface area contributed by atoms with Gasteiger partial charge in [0, 0.05) is 17.9 Å². The molecule has 0 aromatic heterocycles. The SMILES string of the molecule is C[C@@H]1CC(=O)NN=C1c1ccc(OCC(C)(C)O)c(Cl)c1O. The van der Waals surface area contributed by atoms with E-state index in [-0.39, 0.29) is 35.0 Å². The number of benzene rings is 1. The van der Waals surface area contributed by atoms with Crippen molar-refractivity contribution >= 4 is 23.2 Å². The molecule has 0 fully saturated rings. The summed E-state index contributed by atoms with van der Waals surface area (Å²) in [7, 11) is 0. The van der Waals surface area contributed by atoms with E-state index in [2.05, 4.69) is 10.5 Å². The van der Waals surface area contributed by atoms with Crippen molar-refractivity contribution in [1.29, 1.82) is 0 Å². The number of ether oxygens (including phenoxy) is 1. The van der Waals surface area contributed by atoms with Crippen LogP contribution in [0.3, 0.4) is 0 Å². The average molecular weight is 327 g/mol. The quantitative estimate of drug-likeness (QED) is 0.789. The van der Waals surface area contributed by atoms with Gasteiger partial charge in [0.1, 0.15) is 23.1 Å². The van der Waals surface area contributed by atoms with Crippen LogP contribution in [0.5, 0.6) is 11.5 Å². The normalized spacial score (nSPS) is 18.7. The van der Waals surface area contributed by atoms with Gasteiger partial charge in [-0.1, -0.05) is 18.5 Å². The smallest absolute Gasteiger partial charge is 0.240 e. The molecule has 1 amide bonds. The summed E-state index contributed by atoms with van der Waals surface area (Å²) in [6.07, 6.45) is 0.298. The Morgan fingerprint density at radius 3 is 2.77 bits per heavy atom. The first-order chi connectivity index (χ1) is 10.2. The number of aliphatic hydroxyl groups is 1. The fourth-order valence-electron chi connectivity index (χ4n) is 2.10. The Kier molecular flexibility index (Phi) is 4.63. The third-order valence-electron chi connectivity index (χ3n) is 3.20. The van der Waals surface area contributed by atoms with Crippen molar-refractivity contribution in [1.82, 2.24) is 5.43 Å². The van der Waals surface area contributed by atoms with E-state index in [0.29, 0.717) is 17.7 Å². The highest BCUT2D eigenvalue weighted by Crippen LogP contribution is 2.38. The lowest BCUT2D eigenvalue weighted by Crippen LogP contribution is -2.32. The molecule has 0 aliphatic carbocycles. The van der Waals surface area contributed by atoms with E-state index in [1.54, 1.807) is 26.0 Å². The highest BCUT2D eigenvalue weighted by molar-refractivity contribution is 6.34. The van der Waals surface area contributed by atoms with Crippen molar-refractivity contribution in [3.63, 3.8) is 0 Å². The van der Waals surface area contributed by atoms with Crippen molar-refractivity contribution < 1.29 is 19.7 Å². The predicted molar refractivity (Wildman–Crippen MR) is 83.4 cm³/mol. The first-order valence-corrected chi connectivity index (χ1v) is 7.30. The lowest BCUT2D eigenvalue weighted by atomic mass is 9.93. The lowest BCUT2D eigenvalue weighted by molar-refractivity contribution is -0.121. The zero-order valence-corrected chi connectivity index (χ0v) is 13.4. The molecule has 0 bridgehead atoms. The second-order valence-electron chi connectivity index (χ2n) is 6.01. The molecule has 2 rings (SSSR count). The Bertz CT molecular complexity index is 623. The van der Waals surface area contributed by atoms with Crippen LogP contribution in [0.1, 0.15) is 32.8 Å². The Morgan fingerprint density at radius 1 is 1.50 bits per heavy atom. The van der Waals surface area contributed by atoms with Crippen LogP contribution in [0, 0.1) is 5.92 Å². The molecule has 1 aromatic carbocycles. The molecule has 0 radical (unpaired) electrons. The number of carbonyl (C=O) groups is 1. The van der Waals surface area contributed by atoms with E-state index in [4.69, 9.17) is 16.3 Å². The fraction of sp³-hybridized carbons (Fsp3) is 0.467. The first kappa shape index (κ1) is 16.6. The van der Waals surface area contributed by atoms with Crippen LogP contribution in [-0.2, 0) is 4.79 Å². The van der Waals surface area contributed by atoms with E-state index in [1.807, 2.05) is 6.92 Å². The molecule has 0 unspecified atom stereocenters. The van der Waals surface area contributed by atoms with Gasteiger partial charge in [0.2, 0.25) is 5.91 Å². The number of phenolic OH excluding ortho intramolecular Hbond substituents is 1. The number of halogens is 1. The molecule has 3 N–H and O–H groups in total. The maximum atomic E-state index is 11.3. The van der Waals surface area contributed by atoms with Crippen LogP contribution in [0.2, 0.25) is 5.02 Å². The summed E-state index contributed by atoms with van der Waals surface area (Å²) in [6.45, 7) is 5.11. The van der Waals surface area contributed by atoms with E-state index >= 15 is 0 Å². The van der Waals surface area contributed by atoms with Crippen LogP contribution in [-0.4, -0.2) is 34.0 Å². The number of nitrogens with one attached hydrogen (secondary N) is 1. The molecule has 1 aliphatic heterocycles. The van der Waals surface area contributed by atoms with Crippen molar-refractivity contribution in [3.05, 3.63) is 22.7 Å². The minimum absolute atomic E-state index is 0.0406. The molecular formula is C15H19ClN2O4. The van der Waals surface area contributed by atoms with Gasteiger partial charge in [-0.2, -0.15) is 5.10 Å². The summed E-state index contributed by atoms with van der Waals surface area (Å²) in [6, 6.07) is 3.24. The Hall–Kier alpha value is -1.79. The van der Waals surface area contributed by atoms with Crippen LogP contribution in [0.15, 0.2) is 17.2 Å². The van der Waals surface area contributed by atoms with Gasteiger partial charge in [0.15, 0.2) is 0 Å². The van der Waals surface area contributed by atoms with Gasteiger partial charge < -0.3 is 14.9 Å². The maximum Gasteiger partial charge on any atom is 0.240 e. The molecule has 0 spiro atoms. The lowest BCUT2D eigenvalue weighted by Gasteiger charge is -2.22. The third-order valence-corrected chi connectivity index (χ3v) is 3.56. The van der Waals surface area contributed by atoms with Gasteiger partial charge in [-0.15, -0.1) is 0 Å². The zero-order chi connectivity index (χ0) is 16.5. The summed E-state index contributed by atoms with van der Waals surface area (Å²) in [5, 5.41) is 24.0. The number of phenols is 1. The van der Waals surface area contributed by atoms with Crippen LogP contribution in [0.25, 0.3) is 0 Å². The minimum atomic E-state index is -1.01. The molecule has 120 valence electrons. The molecule has 7 heteroatoms. The monoisotopic (exact) mass is 326 g/mol. The van der Waals surface area contributed by atoms with Gasteiger partial charge in [0.25, 0.3) is 0 Å². The second kappa shape index (κ2) is 6.14. The van der Waals surface area contributed by atoms with Gasteiger partial charge >= 0.3 is 0 Å². The number of hydrazone groups is 1. The first-order valence-electron chi connectivity index (χ1n) is 6.92. The number of carbonyl (C=O) groups excluding carboxylic acids is 1. The maximum absolute atomic E-state index is 11.3. The summed E-state index contributed by atoms with van der Waals surface area (Å²) in [4.78, 5) is 11.3. The van der Waals surface area contributed by atoms with E-state index in [1.165, 1.54) is 0 Å². The van der Waals surface area contributed by atoms with Crippen molar-refractivity contribution in [2.75, 3.05) is 6.61 Å². The topological polar surface area (TPSA) is 91.2 Å². The van der Waals surface area contributed by atoms with Gasteiger partial charge in [-0.25, -0.2) is 5.43 Å². The van der Waals surface area contributed by atoms with Gasteiger partial charge in [-0.3, -0.25) is 4.79 Å². The number of nitrogens with zero attached hydrogens (tertiary/aromatic N) is 1. The standard InChI is InChI=1S/C15H19ClN2O4/c1-8-6-11(19)17-18-13(8)9-4-5-10(12(16)14(9)20)22-7-15(2,3)21/h4-5,8,20-21H,6-7H2,1-3H3,(H,17,19)/t8-/m1/s1. The largest absolute Gasteiger partial charge is 0.506 e. The molecule has 22 heavy (non-hydrogen) atoms. The summed E-state index contributed by atoms with van der Waals surface area (Å²) in [5.41, 5.74) is 2.40. The summed E-state index contributed by atoms with van der Waals surface area (Å²) >= 11 is 6.12. The van der Waals surface area contributed by atoms with Crippen molar-refractivity contribution in [2.45, 2.75) is 32.8 Å². The van der Waals surface area contributed by atoms with Crippen molar-refractivity contribution in [2.24, 2.45) is 11.0 Å². The summed E-state index contributed by atoms with van der Waals surface area (Å²) < 4.78 is 5.42. The molecule has 1 aromatic rings. The predicted octanol–water partition coefficient (Wildman–Crippen LogP) is 2.06. The van der Waals surface area contributed by atoms with Crippen molar-refractivity contribution in [3.8, 4) is 11.5 Å². The van der Waals surface area contributed by atoms with Crippen LogP contribution < -0.4 is 10.2 Å². The molecular weight excluding hydrogens is 308 g/mol. The van der Waals surface area contributed by atoms with Gasteiger partial charge in [-0.05, 0) is 26.0 Å². The Labute approximate surface area is 133 Å². The number of hydrogen-bond acceptors (Lipinski definition) is 5. The average Bonchev–Trinajstić information content (AvgIpc) is 2.40. The highest BCUT2D eigenvalue weighted by atomic mass is 35.5. The molecule has 0 saturated carbocycles. The number of rotatable bonds is 4. The molecule has 1 heterocycles. The van der Waals surface area contributed by atoms with E-state index in [0.717, 1.165) is 0 Å². The number of aromatic hydroxyl groups is 1. The molecule has 1 aliphatic rings. The molecule has 6 nitrogen and oxygen atoms in total. The third kappa shape index (κ3) is 3.69. The summed E-state index contributed by atoms with van der Waals surface area (Å²) in [5.74, 6) is -0.166. The Morgan fingerprint density at radius 2 is 2.18 bits per heavy atom. The van der Waals surface area contributed by atoms with E-state index in [9.17, 15) is 15.0 Å². The highest BCUT2D eigenvalue weighted by Gasteiger charge is 2.26.